The summed E-state index contributed by atoms with van der Waals surface area (Å²) in [4.78, 5) is 13.2. The van der Waals surface area contributed by atoms with Crippen LogP contribution < -0.4 is 20.5 Å². The first-order chi connectivity index (χ1) is 19.5. The van der Waals surface area contributed by atoms with Crippen molar-refractivity contribution in [2.24, 2.45) is 29.4 Å². The molecule has 0 aliphatic rings. The number of aliphatic hydroxyl groups excluding tert-OH is 1. The van der Waals surface area contributed by atoms with Crippen molar-refractivity contribution < 1.29 is 32.5 Å². The van der Waals surface area contributed by atoms with Crippen LogP contribution in [0, 0.1) is 23.7 Å². The van der Waals surface area contributed by atoms with Gasteiger partial charge in [-0.15, -0.1) is 12.4 Å². The van der Waals surface area contributed by atoms with Gasteiger partial charge >= 0.3 is 0 Å². The summed E-state index contributed by atoms with van der Waals surface area (Å²) in [7, 11) is 2.64. The van der Waals surface area contributed by atoms with Crippen molar-refractivity contribution in [2.75, 3.05) is 48.1 Å². The van der Waals surface area contributed by atoms with E-state index in [4.69, 9.17) is 19.9 Å². The highest BCUT2D eigenvalue weighted by Crippen LogP contribution is 2.32. The van der Waals surface area contributed by atoms with E-state index in [1.54, 1.807) is 28.1 Å². The van der Waals surface area contributed by atoms with Gasteiger partial charge in [-0.3, -0.25) is 4.79 Å². The summed E-state index contributed by atoms with van der Waals surface area (Å²) in [6.45, 7) is 12.4. The molecule has 10 nitrogen and oxygen atoms in total. The van der Waals surface area contributed by atoms with Gasteiger partial charge in [0.15, 0.2) is 11.5 Å². The van der Waals surface area contributed by atoms with Crippen molar-refractivity contribution in [1.29, 1.82) is 0 Å². The van der Waals surface area contributed by atoms with E-state index in [9.17, 15) is 18.3 Å². The second kappa shape index (κ2) is 19.0. The molecule has 12 heteroatoms. The Bertz CT molecular complexity index is 1070. The maximum atomic E-state index is 13.2. The molecule has 0 fully saturated rings. The molecular weight excluding hydrogens is 594 g/mol. The lowest BCUT2D eigenvalue weighted by molar-refractivity contribution is -0.127. The molecule has 1 rings (SSSR count). The van der Waals surface area contributed by atoms with Gasteiger partial charge in [-0.25, -0.2) is 12.7 Å². The molecule has 0 saturated heterocycles. The van der Waals surface area contributed by atoms with E-state index >= 15 is 0 Å². The Morgan fingerprint density at radius 2 is 1.67 bits per heavy atom. The van der Waals surface area contributed by atoms with Crippen LogP contribution in [0.25, 0.3) is 0 Å². The van der Waals surface area contributed by atoms with Crippen molar-refractivity contribution in [3.63, 3.8) is 0 Å². The third-order valence-corrected chi connectivity index (χ3v) is 10.5. The molecule has 43 heavy (non-hydrogen) atoms. The lowest BCUT2D eigenvalue weighted by Crippen LogP contribution is -2.50. The van der Waals surface area contributed by atoms with Gasteiger partial charge in [0.2, 0.25) is 15.9 Å². The van der Waals surface area contributed by atoms with E-state index in [2.05, 4.69) is 19.2 Å². The Balaban J connectivity index is 0.0000176. The molecule has 0 aliphatic carbocycles. The molecule has 0 radical (unpaired) electrons. The molecule has 0 saturated carbocycles. The Hall–Kier alpha value is -1.63. The highest BCUT2D eigenvalue weighted by Gasteiger charge is 2.38. The Morgan fingerprint density at radius 3 is 2.19 bits per heavy atom. The fraction of sp³-hybridized carbons (Fsp3) is 0.774. The van der Waals surface area contributed by atoms with Crippen molar-refractivity contribution in [2.45, 2.75) is 84.1 Å². The van der Waals surface area contributed by atoms with Crippen molar-refractivity contribution >= 4 is 28.3 Å². The zero-order valence-corrected chi connectivity index (χ0v) is 29.5. The smallest absolute Gasteiger partial charge is 0.223 e. The number of nitrogens with two attached hydrogens (primary N) is 1. The second-order valence-electron chi connectivity index (χ2n) is 12.7. The van der Waals surface area contributed by atoms with Gasteiger partial charge in [0, 0.05) is 52.7 Å². The molecule has 252 valence electrons. The van der Waals surface area contributed by atoms with Crippen LogP contribution in [0.15, 0.2) is 18.2 Å². The number of nitrogens with zero attached hydrogens (tertiary/aromatic N) is 1. The molecule has 1 aromatic rings. The largest absolute Gasteiger partial charge is 0.493 e. The fourth-order valence-electron chi connectivity index (χ4n) is 4.88. The summed E-state index contributed by atoms with van der Waals surface area (Å²) < 4.78 is 41.8. The number of rotatable bonds is 20. The van der Waals surface area contributed by atoms with Crippen molar-refractivity contribution in [3.8, 4) is 11.5 Å². The molecule has 0 spiro atoms. The maximum Gasteiger partial charge on any atom is 0.223 e. The third-order valence-electron chi connectivity index (χ3n) is 7.99. The first-order valence-corrected chi connectivity index (χ1v) is 16.3. The van der Waals surface area contributed by atoms with Gasteiger partial charge in [0.25, 0.3) is 0 Å². The normalized spacial score (nSPS) is 15.1. The van der Waals surface area contributed by atoms with E-state index in [1.165, 1.54) is 14.1 Å². The van der Waals surface area contributed by atoms with Gasteiger partial charge in [0.1, 0.15) is 0 Å². The molecule has 0 bridgehead atoms. The molecule has 4 atom stereocenters. The number of sulfonamides is 1. The van der Waals surface area contributed by atoms with Crippen molar-refractivity contribution in [1.82, 2.24) is 9.62 Å². The van der Waals surface area contributed by atoms with Crippen LogP contribution >= 0.6 is 12.4 Å². The molecule has 4 N–H and O–H groups in total. The summed E-state index contributed by atoms with van der Waals surface area (Å²) in [6.07, 6.45) is 1.40. The number of nitrogens with one attached hydrogen (secondary N) is 1. The number of aliphatic hydroxyl groups is 1. The Labute approximate surface area is 266 Å². The van der Waals surface area contributed by atoms with E-state index in [0.29, 0.717) is 37.1 Å². The average molecular weight is 652 g/mol. The first-order valence-electron chi connectivity index (χ1n) is 14.9. The van der Waals surface area contributed by atoms with Crippen LogP contribution in [-0.2, 0) is 26.0 Å². The standard InChI is InChI=1S/C31H57N3O7S.ClH/c1-21(2)24(16-23-12-13-28(40-10)29(17-23)41-15-11-14-39-9)18-26(32)27(35)19-25(22(3)4)30(36)33-20-31(5,6)42(37,38)34(7)8;/h12-13,17,21-22,24-27,35H,11,14-16,18-20,32H2,1-10H3,(H,33,36);1H/t24-,25-,26-,27-;/m0./s1. The molecule has 0 aliphatic heterocycles. The quantitative estimate of drug-likeness (QED) is 0.181. The number of ether oxygens (including phenoxy) is 3. The van der Waals surface area contributed by atoms with Crippen molar-refractivity contribution in [3.05, 3.63) is 23.8 Å². The summed E-state index contributed by atoms with van der Waals surface area (Å²) in [6, 6.07) is 5.40. The Kier molecular flexibility index (Phi) is 18.3. The number of amides is 1. The predicted molar refractivity (Wildman–Crippen MR) is 176 cm³/mol. The van der Waals surface area contributed by atoms with Gasteiger partial charge in [-0.1, -0.05) is 33.8 Å². The lowest BCUT2D eigenvalue weighted by atomic mass is 9.81. The summed E-state index contributed by atoms with van der Waals surface area (Å²) in [5, 5.41) is 13.9. The van der Waals surface area contributed by atoms with E-state index < -0.39 is 32.8 Å². The minimum Gasteiger partial charge on any atom is -0.493 e. The number of hydrogen-bond donors (Lipinski definition) is 3. The molecule has 1 aromatic carbocycles. The molecule has 1 amide bonds. The van der Waals surface area contributed by atoms with E-state index in [0.717, 1.165) is 22.7 Å². The topological polar surface area (TPSA) is 140 Å². The Morgan fingerprint density at radius 1 is 1.05 bits per heavy atom. The summed E-state index contributed by atoms with van der Waals surface area (Å²) in [5.41, 5.74) is 7.63. The fourth-order valence-corrected chi connectivity index (χ4v) is 6.12. The van der Waals surface area contributed by atoms with Gasteiger partial charge in [-0.2, -0.15) is 0 Å². The predicted octanol–water partition coefficient (Wildman–Crippen LogP) is 3.87. The first kappa shape index (κ1) is 41.4. The van der Waals surface area contributed by atoms with Crippen LogP contribution in [0.1, 0.15) is 66.4 Å². The summed E-state index contributed by atoms with van der Waals surface area (Å²) in [5.74, 6) is 0.989. The van der Waals surface area contributed by atoms with E-state index in [-0.39, 0.29) is 43.1 Å². The van der Waals surface area contributed by atoms with Crippen LogP contribution in [0.2, 0.25) is 0 Å². The monoisotopic (exact) mass is 651 g/mol. The number of benzene rings is 1. The minimum atomic E-state index is -3.59. The highest BCUT2D eigenvalue weighted by atomic mass is 35.5. The zero-order chi connectivity index (χ0) is 32.3. The van der Waals surface area contributed by atoms with Crippen LogP contribution in [-0.4, -0.2) is 88.7 Å². The van der Waals surface area contributed by atoms with Gasteiger partial charge < -0.3 is 30.4 Å². The molecular formula is C31H58ClN3O7S. The highest BCUT2D eigenvalue weighted by molar-refractivity contribution is 7.90. The number of methoxy groups -OCH3 is 2. The zero-order valence-electron chi connectivity index (χ0n) is 27.9. The van der Waals surface area contributed by atoms with E-state index in [1.807, 2.05) is 32.0 Å². The lowest BCUT2D eigenvalue weighted by Gasteiger charge is -2.31. The average Bonchev–Trinajstić information content (AvgIpc) is 2.91. The SMILES string of the molecule is COCCCOc1cc(C[C@@H](C[C@H](N)[C@@H](O)C[C@H](C(=O)NCC(C)(C)S(=O)(=O)N(C)C)C(C)C)C(C)C)ccc1OC.Cl. The minimum absolute atomic E-state index is 0. The van der Waals surface area contributed by atoms with Gasteiger partial charge in [-0.05, 0) is 68.6 Å². The molecule has 0 unspecified atom stereocenters. The number of hydrogen-bond acceptors (Lipinski definition) is 8. The number of halogens is 1. The van der Waals surface area contributed by atoms with Gasteiger partial charge in [0.05, 0.1) is 24.6 Å². The van der Waals surface area contributed by atoms with Crippen LogP contribution in [0.5, 0.6) is 11.5 Å². The van der Waals surface area contributed by atoms with Crippen LogP contribution in [0.3, 0.4) is 0 Å². The van der Waals surface area contributed by atoms with Crippen LogP contribution in [0.4, 0.5) is 0 Å². The second-order valence-corrected chi connectivity index (χ2v) is 15.5. The molecule has 0 heterocycles. The molecule has 0 aromatic heterocycles. The number of carbonyl (C=O) groups excluding carboxylic acids is 1. The third kappa shape index (κ3) is 12.7. The maximum absolute atomic E-state index is 13.2. The summed E-state index contributed by atoms with van der Waals surface area (Å²) >= 11 is 0. The number of carbonyl (C=O) groups is 1.